The highest BCUT2D eigenvalue weighted by Gasteiger charge is 2.25. The van der Waals surface area contributed by atoms with Crippen LogP contribution in [0.5, 0.6) is 0 Å². The second-order valence-electron chi connectivity index (χ2n) is 5.48. The Morgan fingerprint density at radius 3 is 2.22 bits per heavy atom. The van der Waals surface area contributed by atoms with Crippen LogP contribution in [0, 0.1) is 0 Å². The van der Waals surface area contributed by atoms with Gasteiger partial charge < -0.3 is 15.5 Å². The van der Waals surface area contributed by atoms with E-state index in [1.54, 1.807) is 7.05 Å². The number of nitrogens with zero attached hydrogens (tertiary/aromatic N) is 1. The summed E-state index contributed by atoms with van der Waals surface area (Å²) in [4.78, 5) is 24.9. The first-order chi connectivity index (χ1) is 8.65. The number of hydrogen-bond donors (Lipinski definition) is 2. The number of nitrogens with one attached hydrogen (secondary N) is 2. The highest BCUT2D eigenvalue weighted by atomic mass is 16.2. The van der Waals surface area contributed by atoms with E-state index in [-0.39, 0.29) is 18.5 Å². The molecule has 0 saturated heterocycles. The van der Waals surface area contributed by atoms with Crippen molar-refractivity contribution in [1.29, 1.82) is 0 Å². The minimum atomic E-state index is -0.132. The lowest BCUT2D eigenvalue weighted by molar-refractivity contribution is -0.121. The Morgan fingerprint density at radius 1 is 1.00 bits per heavy atom. The molecule has 2 aliphatic rings. The Hall–Kier alpha value is -1.26. The van der Waals surface area contributed by atoms with Gasteiger partial charge in [0.15, 0.2) is 0 Å². The normalized spacial score (nSPS) is 20.3. The molecule has 0 atom stereocenters. The van der Waals surface area contributed by atoms with Crippen LogP contribution in [-0.4, -0.2) is 42.5 Å². The fourth-order valence-electron chi connectivity index (χ4n) is 2.32. The zero-order valence-electron chi connectivity index (χ0n) is 11.1. The molecule has 0 aromatic rings. The van der Waals surface area contributed by atoms with Gasteiger partial charge in [-0.25, -0.2) is 4.79 Å². The molecule has 2 N–H and O–H groups in total. The standard InChI is InChI=1S/C13H23N3O2/c1-16(9-12(17)14-11-7-8-11)13(18)15-10-5-3-2-4-6-10/h10-11H,2-9H2,1H3,(H,14,17)(H,15,18). The van der Waals surface area contributed by atoms with Gasteiger partial charge in [0.2, 0.25) is 5.91 Å². The third-order valence-corrected chi connectivity index (χ3v) is 3.60. The van der Waals surface area contributed by atoms with Crippen molar-refractivity contribution in [2.75, 3.05) is 13.6 Å². The molecule has 2 saturated carbocycles. The number of hydrogen-bond acceptors (Lipinski definition) is 2. The van der Waals surface area contributed by atoms with Gasteiger partial charge in [-0.1, -0.05) is 19.3 Å². The Balaban J connectivity index is 1.67. The average Bonchev–Trinajstić information content (AvgIpc) is 3.14. The van der Waals surface area contributed by atoms with Crippen LogP contribution in [0.1, 0.15) is 44.9 Å². The molecule has 0 bridgehead atoms. The number of carbonyl (C=O) groups excluding carboxylic acids is 2. The lowest BCUT2D eigenvalue weighted by atomic mass is 9.96. The van der Waals surface area contributed by atoms with E-state index in [0.29, 0.717) is 12.1 Å². The molecular formula is C13H23N3O2. The van der Waals surface area contributed by atoms with E-state index in [1.165, 1.54) is 24.2 Å². The molecule has 2 aliphatic carbocycles. The third kappa shape index (κ3) is 4.20. The molecule has 5 nitrogen and oxygen atoms in total. The van der Waals surface area contributed by atoms with Crippen molar-refractivity contribution in [3.8, 4) is 0 Å². The van der Waals surface area contributed by atoms with Crippen molar-refractivity contribution >= 4 is 11.9 Å². The number of carbonyl (C=O) groups is 2. The molecule has 3 amide bonds. The maximum absolute atomic E-state index is 11.9. The van der Waals surface area contributed by atoms with Crippen molar-refractivity contribution in [3.63, 3.8) is 0 Å². The molecule has 18 heavy (non-hydrogen) atoms. The SMILES string of the molecule is CN(CC(=O)NC1CC1)C(=O)NC1CCCCC1. The van der Waals surface area contributed by atoms with Gasteiger partial charge in [0.25, 0.3) is 0 Å². The van der Waals surface area contributed by atoms with Crippen molar-refractivity contribution in [2.24, 2.45) is 0 Å². The molecule has 0 aromatic heterocycles. The quantitative estimate of drug-likeness (QED) is 0.792. The summed E-state index contributed by atoms with van der Waals surface area (Å²) in [5.74, 6) is -0.0567. The Bertz CT molecular complexity index is 309. The van der Waals surface area contributed by atoms with E-state index >= 15 is 0 Å². The van der Waals surface area contributed by atoms with Crippen molar-refractivity contribution < 1.29 is 9.59 Å². The summed E-state index contributed by atoms with van der Waals surface area (Å²) >= 11 is 0. The maximum atomic E-state index is 11.9. The van der Waals surface area contributed by atoms with E-state index in [0.717, 1.165) is 25.7 Å². The zero-order chi connectivity index (χ0) is 13.0. The fraction of sp³-hybridized carbons (Fsp3) is 0.846. The summed E-state index contributed by atoms with van der Waals surface area (Å²) in [5.41, 5.74) is 0. The average molecular weight is 253 g/mol. The van der Waals surface area contributed by atoms with E-state index in [9.17, 15) is 9.59 Å². The summed E-state index contributed by atoms with van der Waals surface area (Å²) in [7, 11) is 1.67. The highest BCUT2D eigenvalue weighted by molar-refractivity contribution is 5.84. The molecule has 0 aromatic carbocycles. The van der Waals surface area contributed by atoms with Crippen LogP contribution >= 0.6 is 0 Å². The first kappa shape index (κ1) is 13.2. The second-order valence-corrected chi connectivity index (χ2v) is 5.48. The minimum Gasteiger partial charge on any atom is -0.352 e. The predicted octanol–water partition coefficient (Wildman–Crippen LogP) is 1.24. The fourth-order valence-corrected chi connectivity index (χ4v) is 2.32. The number of urea groups is 1. The van der Waals surface area contributed by atoms with Gasteiger partial charge in [-0.3, -0.25) is 4.79 Å². The smallest absolute Gasteiger partial charge is 0.317 e. The molecule has 5 heteroatoms. The van der Waals surface area contributed by atoms with Crippen LogP contribution in [0.2, 0.25) is 0 Å². The van der Waals surface area contributed by atoms with Gasteiger partial charge >= 0.3 is 6.03 Å². The summed E-state index contributed by atoms with van der Waals surface area (Å²) in [5, 5.41) is 5.88. The molecule has 102 valence electrons. The van der Waals surface area contributed by atoms with Crippen LogP contribution in [0.25, 0.3) is 0 Å². The number of likely N-dealkylation sites (N-methyl/N-ethyl adjacent to an activating group) is 1. The van der Waals surface area contributed by atoms with Crippen LogP contribution in [-0.2, 0) is 4.79 Å². The first-order valence-corrected chi connectivity index (χ1v) is 6.96. The molecule has 0 aliphatic heterocycles. The van der Waals surface area contributed by atoms with Crippen LogP contribution < -0.4 is 10.6 Å². The molecule has 0 radical (unpaired) electrons. The summed E-state index contributed by atoms with van der Waals surface area (Å²) < 4.78 is 0. The van der Waals surface area contributed by atoms with E-state index < -0.39 is 0 Å². The molecule has 0 spiro atoms. The summed E-state index contributed by atoms with van der Waals surface area (Å²) in [6.45, 7) is 0.148. The molecule has 2 rings (SSSR count). The highest BCUT2D eigenvalue weighted by Crippen LogP contribution is 2.18. The van der Waals surface area contributed by atoms with Crippen LogP contribution in [0.15, 0.2) is 0 Å². The van der Waals surface area contributed by atoms with Crippen LogP contribution in [0.3, 0.4) is 0 Å². The van der Waals surface area contributed by atoms with Crippen molar-refractivity contribution in [3.05, 3.63) is 0 Å². The molecule has 0 unspecified atom stereocenters. The largest absolute Gasteiger partial charge is 0.352 e. The van der Waals surface area contributed by atoms with Gasteiger partial charge in [-0.05, 0) is 25.7 Å². The summed E-state index contributed by atoms with van der Waals surface area (Å²) in [6, 6.07) is 0.514. The van der Waals surface area contributed by atoms with E-state index in [1.807, 2.05) is 0 Å². The van der Waals surface area contributed by atoms with Crippen LogP contribution in [0.4, 0.5) is 4.79 Å². The Morgan fingerprint density at radius 2 is 1.61 bits per heavy atom. The van der Waals surface area contributed by atoms with Crippen molar-refractivity contribution in [2.45, 2.75) is 57.0 Å². The summed E-state index contributed by atoms with van der Waals surface area (Å²) in [6.07, 6.45) is 7.93. The van der Waals surface area contributed by atoms with Gasteiger partial charge in [0, 0.05) is 19.1 Å². The van der Waals surface area contributed by atoms with Crippen molar-refractivity contribution in [1.82, 2.24) is 15.5 Å². The Kier molecular flexibility index (Phi) is 4.44. The van der Waals surface area contributed by atoms with Gasteiger partial charge in [-0.15, -0.1) is 0 Å². The van der Waals surface area contributed by atoms with E-state index in [4.69, 9.17) is 0 Å². The van der Waals surface area contributed by atoms with Gasteiger partial charge in [0.1, 0.15) is 6.54 Å². The monoisotopic (exact) mass is 253 g/mol. The number of rotatable bonds is 4. The van der Waals surface area contributed by atoms with Gasteiger partial charge in [-0.2, -0.15) is 0 Å². The lowest BCUT2D eigenvalue weighted by Crippen LogP contribution is -2.47. The number of amides is 3. The van der Waals surface area contributed by atoms with E-state index in [2.05, 4.69) is 10.6 Å². The Labute approximate surface area is 108 Å². The zero-order valence-corrected chi connectivity index (χ0v) is 11.1. The van der Waals surface area contributed by atoms with Gasteiger partial charge in [0.05, 0.1) is 0 Å². The predicted molar refractivity (Wildman–Crippen MR) is 69.2 cm³/mol. The maximum Gasteiger partial charge on any atom is 0.317 e. The molecule has 0 heterocycles. The second kappa shape index (κ2) is 6.07. The molecular weight excluding hydrogens is 230 g/mol. The first-order valence-electron chi connectivity index (χ1n) is 6.96. The lowest BCUT2D eigenvalue weighted by Gasteiger charge is -2.26. The molecule has 2 fully saturated rings. The minimum absolute atomic E-state index is 0.0567. The third-order valence-electron chi connectivity index (χ3n) is 3.60. The topological polar surface area (TPSA) is 61.4 Å².